The van der Waals surface area contributed by atoms with E-state index in [0.29, 0.717) is 28.3 Å². The largest absolute Gasteiger partial charge is 0.490 e. The minimum atomic E-state index is -0.638. The molecular weight excluding hydrogens is 447 g/mol. The van der Waals surface area contributed by atoms with Gasteiger partial charge in [0.15, 0.2) is 5.75 Å². The summed E-state index contributed by atoms with van der Waals surface area (Å²) in [6.07, 6.45) is 2.15. The number of nitrogens with one attached hydrogen (secondary N) is 4. The van der Waals surface area contributed by atoms with E-state index < -0.39 is 11.3 Å². The first-order chi connectivity index (χ1) is 15.5. The third-order valence-corrected chi connectivity index (χ3v) is 7.38. The molecule has 3 aliphatic rings. The fourth-order valence-electron chi connectivity index (χ4n) is 5.02. The van der Waals surface area contributed by atoms with Gasteiger partial charge in [0, 0.05) is 26.2 Å². The fraction of sp³-hybridized carbons (Fsp3) is 0.500. The van der Waals surface area contributed by atoms with E-state index in [1.165, 1.54) is 18.4 Å². The summed E-state index contributed by atoms with van der Waals surface area (Å²) in [7, 11) is 0. The highest BCUT2D eigenvalue weighted by atomic mass is 35.5. The van der Waals surface area contributed by atoms with Crippen LogP contribution in [0.25, 0.3) is 0 Å². The summed E-state index contributed by atoms with van der Waals surface area (Å²) < 4.78 is 12.9. The fourth-order valence-corrected chi connectivity index (χ4v) is 5.50. The molecule has 0 amide bonds. The predicted molar refractivity (Wildman–Crippen MR) is 128 cm³/mol. The molecule has 0 radical (unpaired) electrons. The predicted octanol–water partition coefficient (Wildman–Crippen LogP) is 3.50. The lowest BCUT2D eigenvalue weighted by molar-refractivity contribution is -0.0141. The van der Waals surface area contributed by atoms with Gasteiger partial charge in [-0.15, -0.1) is 0 Å². The van der Waals surface area contributed by atoms with E-state index in [9.17, 15) is 0 Å². The smallest absolute Gasteiger partial charge is 0.157 e. The summed E-state index contributed by atoms with van der Waals surface area (Å²) in [5, 5.41) is 15.7. The Morgan fingerprint density at radius 2 is 1.53 bits per heavy atom. The molecule has 0 bridgehead atoms. The minimum Gasteiger partial charge on any atom is -0.490 e. The molecule has 2 heterocycles. The maximum absolute atomic E-state index is 6.50. The van der Waals surface area contributed by atoms with Gasteiger partial charge in [0.05, 0.1) is 10.0 Å². The molecule has 2 aromatic rings. The molecule has 2 aromatic carbocycles. The van der Waals surface area contributed by atoms with Crippen molar-refractivity contribution in [2.24, 2.45) is 0 Å². The molecule has 0 aromatic heterocycles. The Morgan fingerprint density at radius 3 is 2.19 bits per heavy atom. The summed E-state index contributed by atoms with van der Waals surface area (Å²) in [5.74, 6) is 2.07. The van der Waals surface area contributed by atoms with Gasteiger partial charge in [0.2, 0.25) is 0 Å². The summed E-state index contributed by atoms with van der Waals surface area (Å²) in [4.78, 5) is 0. The average Bonchev–Trinajstić information content (AvgIpc) is 3.30. The minimum absolute atomic E-state index is 0.317. The number of para-hydroxylation sites is 2. The second-order valence-corrected chi connectivity index (χ2v) is 9.65. The van der Waals surface area contributed by atoms with Crippen molar-refractivity contribution in [3.8, 4) is 11.5 Å². The Bertz CT molecular complexity index is 937. The Morgan fingerprint density at radius 1 is 0.906 bits per heavy atom. The molecular formula is C24H30Cl2N4O2. The number of hydrogen-bond acceptors (Lipinski definition) is 6. The molecule has 6 nitrogen and oxygen atoms in total. The first-order valence-electron chi connectivity index (χ1n) is 11.4. The maximum Gasteiger partial charge on any atom is 0.157 e. The molecule has 1 unspecified atom stereocenters. The van der Waals surface area contributed by atoms with Crippen LogP contribution in [0.4, 0.5) is 0 Å². The van der Waals surface area contributed by atoms with Crippen LogP contribution in [-0.2, 0) is 0 Å². The van der Waals surface area contributed by atoms with Crippen LogP contribution in [0.5, 0.6) is 11.5 Å². The van der Waals surface area contributed by atoms with Gasteiger partial charge >= 0.3 is 0 Å². The highest BCUT2D eigenvalue weighted by Crippen LogP contribution is 2.44. The average molecular weight is 477 g/mol. The van der Waals surface area contributed by atoms with Gasteiger partial charge in [-0.05, 0) is 49.4 Å². The van der Waals surface area contributed by atoms with Gasteiger partial charge in [0.25, 0.3) is 0 Å². The van der Waals surface area contributed by atoms with E-state index in [-0.39, 0.29) is 6.10 Å². The van der Waals surface area contributed by atoms with E-state index in [4.69, 9.17) is 32.7 Å². The monoisotopic (exact) mass is 476 g/mol. The van der Waals surface area contributed by atoms with E-state index in [0.717, 1.165) is 31.9 Å². The van der Waals surface area contributed by atoms with E-state index >= 15 is 0 Å². The second-order valence-electron chi connectivity index (χ2n) is 8.83. The van der Waals surface area contributed by atoms with Crippen molar-refractivity contribution in [2.45, 2.75) is 43.1 Å². The standard InChI is InChI=1S/C24H30Cl2N4O2/c1-16(32-22-19(25)6-4-7-20(22)26)24(29-13-14-30-24)23(27-11-12-28-23)15-31-21-8-3-2-5-18(21)17-9-10-17/h2-8,16-17,27-30H,9-15H2,1H3. The topological polar surface area (TPSA) is 66.6 Å². The van der Waals surface area contributed by atoms with Gasteiger partial charge in [-0.25, -0.2) is 0 Å². The zero-order chi connectivity index (χ0) is 22.2. The van der Waals surface area contributed by atoms with Crippen LogP contribution in [-0.4, -0.2) is 50.2 Å². The number of ether oxygens (including phenoxy) is 2. The van der Waals surface area contributed by atoms with Gasteiger partial charge in [0.1, 0.15) is 29.8 Å². The third-order valence-electron chi connectivity index (χ3n) is 6.79. The maximum atomic E-state index is 6.50. The van der Waals surface area contributed by atoms with Crippen LogP contribution in [0.15, 0.2) is 42.5 Å². The molecule has 0 spiro atoms. The van der Waals surface area contributed by atoms with Crippen molar-refractivity contribution >= 4 is 23.2 Å². The molecule has 1 aliphatic carbocycles. The normalized spacial score (nSPS) is 22.6. The first-order valence-corrected chi connectivity index (χ1v) is 12.1. The van der Waals surface area contributed by atoms with Crippen molar-refractivity contribution in [3.05, 3.63) is 58.1 Å². The van der Waals surface area contributed by atoms with Crippen LogP contribution in [0.3, 0.4) is 0 Å². The van der Waals surface area contributed by atoms with Crippen LogP contribution >= 0.6 is 23.2 Å². The molecule has 8 heteroatoms. The van der Waals surface area contributed by atoms with Gasteiger partial charge in [-0.1, -0.05) is 47.5 Å². The number of hydrogen-bond donors (Lipinski definition) is 4. The van der Waals surface area contributed by atoms with E-state index in [1.807, 2.05) is 19.1 Å². The first kappa shape index (κ1) is 22.3. The van der Waals surface area contributed by atoms with Crippen molar-refractivity contribution in [3.63, 3.8) is 0 Å². The molecule has 5 rings (SSSR count). The molecule has 32 heavy (non-hydrogen) atoms. The molecule has 3 fully saturated rings. The number of rotatable bonds is 8. The molecule has 1 saturated carbocycles. The highest BCUT2D eigenvalue weighted by Gasteiger charge is 2.59. The summed E-state index contributed by atoms with van der Waals surface area (Å²) in [6.45, 7) is 5.76. The molecule has 2 saturated heterocycles. The summed E-state index contributed by atoms with van der Waals surface area (Å²) in [6, 6.07) is 13.8. The lowest BCUT2D eigenvalue weighted by atomic mass is 9.88. The van der Waals surface area contributed by atoms with Crippen LogP contribution < -0.4 is 30.7 Å². The Balaban J connectivity index is 1.43. The van der Waals surface area contributed by atoms with Crippen molar-refractivity contribution < 1.29 is 9.47 Å². The van der Waals surface area contributed by atoms with E-state index in [1.54, 1.807) is 12.1 Å². The second kappa shape index (κ2) is 9.01. The number of halogens is 2. The molecule has 172 valence electrons. The van der Waals surface area contributed by atoms with Crippen LogP contribution in [0, 0.1) is 0 Å². The van der Waals surface area contributed by atoms with Gasteiger partial charge < -0.3 is 9.47 Å². The van der Waals surface area contributed by atoms with Crippen LogP contribution in [0.1, 0.15) is 31.2 Å². The zero-order valence-electron chi connectivity index (χ0n) is 18.2. The van der Waals surface area contributed by atoms with Crippen molar-refractivity contribution in [2.75, 3.05) is 32.8 Å². The molecule has 1 atom stereocenters. The Labute approximate surface area is 199 Å². The number of benzene rings is 2. The van der Waals surface area contributed by atoms with Crippen molar-refractivity contribution in [1.82, 2.24) is 21.3 Å². The van der Waals surface area contributed by atoms with Gasteiger partial charge in [-0.3, -0.25) is 21.3 Å². The summed E-state index contributed by atoms with van der Waals surface area (Å²) in [5.41, 5.74) is 0.0718. The van der Waals surface area contributed by atoms with Crippen LogP contribution in [0.2, 0.25) is 10.0 Å². The van der Waals surface area contributed by atoms with E-state index in [2.05, 4.69) is 39.5 Å². The Kier molecular flexibility index (Phi) is 6.27. The van der Waals surface area contributed by atoms with Gasteiger partial charge in [-0.2, -0.15) is 0 Å². The highest BCUT2D eigenvalue weighted by molar-refractivity contribution is 6.37. The lowest BCUT2D eigenvalue weighted by Crippen LogP contribution is -2.81. The van der Waals surface area contributed by atoms with Crippen molar-refractivity contribution in [1.29, 1.82) is 0 Å². The SMILES string of the molecule is CC(Oc1c(Cl)cccc1Cl)C1(C2(COc3ccccc3C3CC3)NCCN2)NCCN1. The summed E-state index contributed by atoms with van der Waals surface area (Å²) >= 11 is 12.8. The zero-order valence-corrected chi connectivity index (χ0v) is 19.7. The third kappa shape index (κ3) is 3.98. The molecule has 2 aliphatic heterocycles. The Hall–Kier alpha value is -1.54. The quantitative estimate of drug-likeness (QED) is 0.467. The lowest BCUT2D eigenvalue weighted by Gasteiger charge is -2.49. The molecule has 4 N–H and O–H groups in total.